The summed E-state index contributed by atoms with van der Waals surface area (Å²) in [4.78, 5) is 11.3. The van der Waals surface area contributed by atoms with Crippen molar-refractivity contribution in [2.45, 2.75) is 31.1 Å². The molecule has 2 heterocycles. The molecule has 2 aliphatic rings. The second kappa shape index (κ2) is 5.51. The van der Waals surface area contributed by atoms with Crippen LogP contribution in [-0.4, -0.2) is 19.1 Å². The monoisotopic (exact) mass is 279 g/mol. The van der Waals surface area contributed by atoms with Crippen LogP contribution in [0.2, 0.25) is 0 Å². The quantitative estimate of drug-likeness (QED) is 0.844. The van der Waals surface area contributed by atoms with Crippen molar-refractivity contribution in [3.8, 4) is 0 Å². The summed E-state index contributed by atoms with van der Waals surface area (Å²) in [6.45, 7) is 1.63. The Hall–Kier alpha value is -1.06. The Kier molecular flexibility index (Phi) is 3.76. The van der Waals surface area contributed by atoms with Crippen molar-refractivity contribution in [3.05, 3.63) is 29.3 Å². The maximum Gasteiger partial charge on any atom is 0.224 e. The highest BCUT2D eigenvalue weighted by Gasteiger charge is 2.25. The summed E-state index contributed by atoms with van der Waals surface area (Å²) in [5.74, 6) is 0.596. The standard InChI is InChI=1S/C15H18ClNO2/c16-15(10-5-7-19-8-6-10)12-1-3-13-11(9-12)2-4-14(18)17-13/h1,3,9-10,15H,2,4-8H2,(H,17,18). The first kappa shape index (κ1) is 12.9. The molecule has 1 N–H and O–H groups in total. The van der Waals surface area contributed by atoms with Gasteiger partial charge < -0.3 is 10.1 Å². The van der Waals surface area contributed by atoms with Gasteiger partial charge in [-0.15, -0.1) is 11.6 Å². The molecule has 0 bridgehead atoms. The number of ether oxygens (including phenoxy) is 1. The molecule has 1 amide bonds. The highest BCUT2D eigenvalue weighted by atomic mass is 35.5. The topological polar surface area (TPSA) is 38.3 Å². The second-order valence-corrected chi connectivity index (χ2v) is 5.79. The lowest BCUT2D eigenvalue weighted by Crippen LogP contribution is -2.21. The average molecular weight is 280 g/mol. The molecule has 3 rings (SSSR count). The van der Waals surface area contributed by atoms with Crippen molar-refractivity contribution in [2.75, 3.05) is 18.5 Å². The lowest BCUT2D eigenvalue weighted by atomic mass is 9.90. The normalized spacial score (nSPS) is 21.6. The largest absolute Gasteiger partial charge is 0.381 e. The number of amides is 1. The zero-order valence-corrected chi connectivity index (χ0v) is 11.6. The Morgan fingerprint density at radius 2 is 2.05 bits per heavy atom. The fraction of sp³-hybridized carbons (Fsp3) is 0.533. The minimum Gasteiger partial charge on any atom is -0.381 e. The third-order valence-corrected chi connectivity index (χ3v) is 4.63. The number of alkyl halides is 1. The number of fused-ring (bicyclic) bond motifs is 1. The molecule has 0 radical (unpaired) electrons. The van der Waals surface area contributed by atoms with Crippen LogP contribution in [0.25, 0.3) is 0 Å². The van der Waals surface area contributed by atoms with Crippen molar-refractivity contribution in [2.24, 2.45) is 5.92 Å². The number of hydrogen-bond acceptors (Lipinski definition) is 2. The first-order valence-electron chi connectivity index (χ1n) is 6.88. The van der Waals surface area contributed by atoms with Crippen LogP contribution in [0.5, 0.6) is 0 Å². The molecule has 1 unspecified atom stereocenters. The number of nitrogens with one attached hydrogen (secondary N) is 1. The van der Waals surface area contributed by atoms with Crippen LogP contribution in [0.15, 0.2) is 18.2 Å². The van der Waals surface area contributed by atoms with Gasteiger partial charge in [0.1, 0.15) is 0 Å². The van der Waals surface area contributed by atoms with E-state index in [-0.39, 0.29) is 11.3 Å². The first-order valence-corrected chi connectivity index (χ1v) is 7.32. The first-order chi connectivity index (χ1) is 9.24. The summed E-state index contributed by atoms with van der Waals surface area (Å²) in [5, 5.41) is 2.95. The van der Waals surface area contributed by atoms with Crippen LogP contribution in [0, 0.1) is 5.92 Å². The molecule has 1 fully saturated rings. The summed E-state index contributed by atoms with van der Waals surface area (Å²) in [6.07, 6.45) is 3.44. The van der Waals surface area contributed by atoms with E-state index in [9.17, 15) is 4.79 Å². The summed E-state index contributed by atoms with van der Waals surface area (Å²) in [7, 11) is 0. The van der Waals surface area contributed by atoms with Crippen LogP contribution >= 0.6 is 11.6 Å². The molecule has 1 saturated heterocycles. The fourth-order valence-electron chi connectivity index (χ4n) is 2.86. The van der Waals surface area contributed by atoms with Crippen molar-refractivity contribution >= 4 is 23.2 Å². The highest BCUT2D eigenvalue weighted by molar-refractivity contribution is 6.21. The van der Waals surface area contributed by atoms with Gasteiger partial charge in [0.2, 0.25) is 5.91 Å². The van der Waals surface area contributed by atoms with Gasteiger partial charge in [0, 0.05) is 25.3 Å². The van der Waals surface area contributed by atoms with Crippen LogP contribution < -0.4 is 5.32 Å². The van der Waals surface area contributed by atoms with Crippen molar-refractivity contribution < 1.29 is 9.53 Å². The Bertz CT molecular complexity index is 483. The molecular formula is C15H18ClNO2. The Balaban J connectivity index is 1.79. The molecule has 1 aromatic rings. The molecular weight excluding hydrogens is 262 g/mol. The van der Waals surface area contributed by atoms with E-state index in [1.165, 1.54) is 11.1 Å². The van der Waals surface area contributed by atoms with Crippen LogP contribution in [0.4, 0.5) is 5.69 Å². The third-order valence-electron chi connectivity index (χ3n) is 4.02. The van der Waals surface area contributed by atoms with Crippen LogP contribution in [-0.2, 0) is 16.0 Å². The van der Waals surface area contributed by atoms with Gasteiger partial charge in [0.25, 0.3) is 0 Å². The number of benzene rings is 1. The predicted molar refractivity (Wildman–Crippen MR) is 75.5 cm³/mol. The number of rotatable bonds is 2. The zero-order valence-electron chi connectivity index (χ0n) is 10.8. The van der Waals surface area contributed by atoms with Crippen LogP contribution in [0.1, 0.15) is 35.8 Å². The van der Waals surface area contributed by atoms with E-state index in [0.717, 1.165) is 38.2 Å². The van der Waals surface area contributed by atoms with E-state index in [2.05, 4.69) is 11.4 Å². The number of hydrogen-bond donors (Lipinski definition) is 1. The maximum atomic E-state index is 11.3. The highest BCUT2D eigenvalue weighted by Crippen LogP contribution is 2.37. The fourth-order valence-corrected chi connectivity index (χ4v) is 3.24. The Morgan fingerprint density at radius 1 is 1.26 bits per heavy atom. The Labute approximate surface area is 118 Å². The average Bonchev–Trinajstić information content (AvgIpc) is 2.47. The van der Waals surface area contributed by atoms with Gasteiger partial charge in [-0.25, -0.2) is 0 Å². The number of aryl methyl sites for hydroxylation is 1. The van der Waals surface area contributed by atoms with Crippen LogP contribution in [0.3, 0.4) is 0 Å². The molecule has 1 atom stereocenters. The van der Waals surface area contributed by atoms with Crippen molar-refractivity contribution in [3.63, 3.8) is 0 Å². The van der Waals surface area contributed by atoms with E-state index in [1.54, 1.807) is 0 Å². The van der Waals surface area contributed by atoms with E-state index in [0.29, 0.717) is 12.3 Å². The minimum atomic E-state index is 0.0480. The molecule has 102 valence electrons. The molecule has 3 nitrogen and oxygen atoms in total. The summed E-state index contributed by atoms with van der Waals surface area (Å²) < 4.78 is 5.38. The van der Waals surface area contributed by atoms with E-state index in [1.807, 2.05) is 12.1 Å². The molecule has 4 heteroatoms. The lowest BCUT2D eigenvalue weighted by Gasteiger charge is -2.27. The van der Waals surface area contributed by atoms with E-state index < -0.39 is 0 Å². The molecule has 19 heavy (non-hydrogen) atoms. The lowest BCUT2D eigenvalue weighted by molar-refractivity contribution is -0.116. The van der Waals surface area contributed by atoms with Gasteiger partial charge >= 0.3 is 0 Å². The van der Waals surface area contributed by atoms with Gasteiger partial charge in [-0.2, -0.15) is 0 Å². The number of carbonyl (C=O) groups excluding carboxylic acids is 1. The molecule has 0 saturated carbocycles. The zero-order chi connectivity index (χ0) is 13.2. The van der Waals surface area contributed by atoms with Crippen molar-refractivity contribution in [1.82, 2.24) is 0 Å². The number of anilines is 1. The molecule has 1 aromatic carbocycles. The minimum absolute atomic E-state index is 0.0480. The third kappa shape index (κ3) is 2.77. The van der Waals surface area contributed by atoms with Gasteiger partial charge in [-0.1, -0.05) is 12.1 Å². The number of halogens is 1. The molecule has 2 aliphatic heterocycles. The number of carbonyl (C=O) groups is 1. The Morgan fingerprint density at radius 3 is 2.84 bits per heavy atom. The van der Waals surface area contributed by atoms with Crippen molar-refractivity contribution in [1.29, 1.82) is 0 Å². The van der Waals surface area contributed by atoms with Gasteiger partial charge in [0.15, 0.2) is 0 Å². The van der Waals surface area contributed by atoms with E-state index >= 15 is 0 Å². The summed E-state index contributed by atoms with van der Waals surface area (Å²) in [5.41, 5.74) is 3.31. The molecule has 0 aliphatic carbocycles. The summed E-state index contributed by atoms with van der Waals surface area (Å²) >= 11 is 6.61. The predicted octanol–water partition coefficient (Wildman–Crippen LogP) is 3.28. The summed E-state index contributed by atoms with van der Waals surface area (Å²) in [6, 6.07) is 6.18. The second-order valence-electron chi connectivity index (χ2n) is 5.32. The molecule has 0 spiro atoms. The SMILES string of the molecule is O=C1CCc2cc(C(Cl)C3CCOCC3)ccc2N1. The van der Waals surface area contributed by atoms with E-state index in [4.69, 9.17) is 16.3 Å². The van der Waals surface area contributed by atoms with Gasteiger partial charge in [0.05, 0.1) is 5.38 Å². The van der Waals surface area contributed by atoms with Gasteiger partial charge in [-0.05, 0) is 42.4 Å². The smallest absolute Gasteiger partial charge is 0.224 e. The van der Waals surface area contributed by atoms with Gasteiger partial charge in [-0.3, -0.25) is 4.79 Å². The molecule has 0 aromatic heterocycles. The maximum absolute atomic E-state index is 11.3.